The van der Waals surface area contributed by atoms with Crippen molar-refractivity contribution in [2.45, 2.75) is 13.0 Å². The maximum Gasteiger partial charge on any atom is 0.238 e. The second-order valence-electron chi connectivity index (χ2n) is 5.88. The van der Waals surface area contributed by atoms with E-state index in [2.05, 4.69) is 10.6 Å². The number of benzene rings is 3. The first-order chi connectivity index (χ1) is 12.0. The van der Waals surface area contributed by atoms with Crippen LogP contribution in [0.4, 0.5) is 14.5 Å². The van der Waals surface area contributed by atoms with E-state index in [1.165, 1.54) is 12.1 Å². The second kappa shape index (κ2) is 7.40. The lowest BCUT2D eigenvalue weighted by Crippen LogP contribution is -2.30. The van der Waals surface area contributed by atoms with Crippen molar-refractivity contribution >= 4 is 22.4 Å². The molecule has 0 aliphatic heterocycles. The maximum absolute atomic E-state index is 13.7. The fourth-order valence-electron chi connectivity index (χ4n) is 2.68. The fraction of sp³-hybridized carbons (Fsp3) is 0.150. The van der Waals surface area contributed by atoms with Gasteiger partial charge in [0, 0.05) is 23.4 Å². The standard InChI is InChI=1S/C20H18F2N2O/c1-13(18-9-7-16(21)11-19(18)22)23-12-20(25)24-17-8-6-14-4-2-3-5-15(14)10-17/h2-11,13,23H,12H2,1H3,(H,24,25)/t13-/m0/s1. The Morgan fingerprint density at radius 1 is 1.00 bits per heavy atom. The number of fused-ring (bicyclic) bond motifs is 1. The number of carbonyl (C=O) groups excluding carboxylic acids is 1. The number of rotatable bonds is 5. The quantitative estimate of drug-likeness (QED) is 0.722. The summed E-state index contributed by atoms with van der Waals surface area (Å²) in [6.07, 6.45) is 0. The zero-order chi connectivity index (χ0) is 17.8. The lowest BCUT2D eigenvalue weighted by Gasteiger charge is -2.15. The van der Waals surface area contributed by atoms with Gasteiger partial charge < -0.3 is 10.6 Å². The van der Waals surface area contributed by atoms with Gasteiger partial charge in [-0.05, 0) is 35.9 Å². The first kappa shape index (κ1) is 17.0. The van der Waals surface area contributed by atoms with Gasteiger partial charge in [0.05, 0.1) is 6.54 Å². The molecular formula is C20H18F2N2O. The predicted octanol–water partition coefficient (Wildman–Crippen LogP) is 4.41. The van der Waals surface area contributed by atoms with E-state index in [0.29, 0.717) is 11.3 Å². The number of carbonyl (C=O) groups is 1. The number of hydrogen-bond donors (Lipinski definition) is 2. The molecule has 0 aliphatic carbocycles. The van der Waals surface area contributed by atoms with Crippen LogP contribution >= 0.6 is 0 Å². The molecule has 3 nitrogen and oxygen atoms in total. The van der Waals surface area contributed by atoms with Gasteiger partial charge in [-0.2, -0.15) is 0 Å². The predicted molar refractivity (Wildman–Crippen MR) is 95.4 cm³/mol. The van der Waals surface area contributed by atoms with E-state index in [0.717, 1.165) is 16.8 Å². The molecule has 0 aliphatic rings. The van der Waals surface area contributed by atoms with Gasteiger partial charge in [-0.3, -0.25) is 4.79 Å². The Kier molecular flexibility index (Phi) is 5.05. The summed E-state index contributed by atoms with van der Waals surface area (Å²) in [5, 5.41) is 7.88. The lowest BCUT2D eigenvalue weighted by molar-refractivity contribution is -0.115. The number of amides is 1. The zero-order valence-corrected chi connectivity index (χ0v) is 13.7. The molecule has 0 bridgehead atoms. The molecule has 0 saturated heterocycles. The van der Waals surface area contributed by atoms with Crippen LogP contribution in [-0.2, 0) is 4.79 Å². The van der Waals surface area contributed by atoms with Crippen LogP contribution in [0.3, 0.4) is 0 Å². The molecule has 3 aromatic rings. The molecule has 128 valence electrons. The summed E-state index contributed by atoms with van der Waals surface area (Å²) < 4.78 is 26.7. The van der Waals surface area contributed by atoms with Crippen LogP contribution < -0.4 is 10.6 Å². The van der Waals surface area contributed by atoms with Crippen molar-refractivity contribution in [2.75, 3.05) is 11.9 Å². The van der Waals surface area contributed by atoms with E-state index in [4.69, 9.17) is 0 Å². The minimum absolute atomic E-state index is 0.0187. The van der Waals surface area contributed by atoms with Crippen molar-refractivity contribution in [1.29, 1.82) is 0 Å². The van der Waals surface area contributed by atoms with Crippen LogP contribution in [0.2, 0.25) is 0 Å². The summed E-state index contributed by atoms with van der Waals surface area (Å²) >= 11 is 0. The molecule has 1 atom stereocenters. The Labute approximate surface area is 144 Å². The summed E-state index contributed by atoms with van der Waals surface area (Å²) in [5.41, 5.74) is 1.02. The van der Waals surface area contributed by atoms with Crippen molar-refractivity contribution in [1.82, 2.24) is 5.32 Å². The van der Waals surface area contributed by atoms with E-state index in [-0.39, 0.29) is 12.5 Å². The van der Waals surface area contributed by atoms with E-state index < -0.39 is 17.7 Å². The molecule has 0 fully saturated rings. The summed E-state index contributed by atoms with van der Waals surface area (Å²) in [7, 11) is 0. The van der Waals surface area contributed by atoms with Gasteiger partial charge >= 0.3 is 0 Å². The average Bonchev–Trinajstić information content (AvgIpc) is 2.59. The third-order valence-electron chi connectivity index (χ3n) is 4.03. The number of nitrogens with one attached hydrogen (secondary N) is 2. The Morgan fingerprint density at radius 3 is 2.52 bits per heavy atom. The van der Waals surface area contributed by atoms with Crippen molar-refractivity contribution in [3.8, 4) is 0 Å². The Hall–Kier alpha value is -2.79. The number of halogens is 2. The van der Waals surface area contributed by atoms with Gasteiger partial charge in [-0.25, -0.2) is 8.78 Å². The van der Waals surface area contributed by atoms with Crippen molar-refractivity contribution in [3.05, 3.63) is 77.9 Å². The highest BCUT2D eigenvalue weighted by molar-refractivity contribution is 5.95. The molecule has 1 amide bonds. The maximum atomic E-state index is 13.7. The number of anilines is 1. The summed E-state index contributed by atoms with van der Waals surface area (Å²) in [5.74, 6) is -1.48. The zero-order valence-electron chi connectivity index (χ0n) is 13.7. The summed E-state index contributed by atoms with van der Waals surface area (Å²) in [6, 6.07) is 16.5. The van der Waals surface area contributed by atoms with Crippen molar-refractivity contribution < 1.29 is 13.6 Å². The molecule has 5 heteroatoms. The topological polar surface area (TPSA) is 41.1 Å². The van der Waals surface area contributed by atoms with Gasteiger partial charge in [-0.15, -0.1) is 0 Å². The Bertz CT molecular complexity index is 911. The SMILES string of the molecule is C[C@H](NCC(=O)Nc1ccc2ccccc2c1)c1ccc(F)cc1F. The minimum atomic E-state index is -0.630. The van der Waals surface area contributed by atoms with E-state index >= 15 is 0 Å². The molecule has 0 radical (unpaired) electrons. The van der Waals surface area contributed by atoms with Gasteiger partial charge in [0.25, 0.3) is 0 Å². The third-order valence-corrected chi connectivity index (χ3v) is 4.03. The second-order valence-corrected chi connectivity index (χ2v) is 5.88. The van der Waals surface area contributed by atoms with Crippen molar-refractivity contribution in [2.24, 2.45) is 0 Å². The summed E-state index contributed by atoms with van der Waals surface area (Å²) in [4.78, 5) is 12.1. The third kappa shape index (κ3) is 4.19. The number of hydrogen-bond acceptors (Lipinski definition) is 2. The first-order valence-electron chi connectivity index (χ1n) is 8.00. The highest BCUT2D eigenvalue weighted by Gasteiger charge is 2.13. The molecule has 0 saturated carbocycles. The molecule has 0 heterocycles. The molecular weight excluding hydrogens is 322 g/mol. The van der Waals surface area contributed by atoms with Gasteiger partial charge in [0.15, 0.2) is 0 Å². The molecule has 3 aromatic carbocycles. The van der Waals surface area contributed by atoms with Crippen LogP contribution in [0.5, 0.6) is 0 Å². The fourth-order valence-corrected chi connectivity index (χ4v) is 2.68. The van der Waals surface area contributed by atoms with Gasteiger partial charge in [0.2, 0.25) is 5.91 Å². The molecule has 0 spiro atoms. The van der Waals surface area contributed by atoms with Crippen LogP contribution in [0.15, 0.2) is 60.7 Å². The highest BCUT2D eigenvalue weighted by Crippen LogP contribution is 2.19. The summed E-state index contributed by atoms with van der Waals surface area (Å²) in [6.45, 7) is 1.74. The van der Waals surface area contributed by atoms with Gasteiger partial charge in [-0.1, -0.05) is 36.4 Å². The van der Waals surface area contributed by atoms with Crippen LogP contribution in [0.1, 0.15) is 18.5 Å². The van der Waals surface area contributed by atoms with Crippen LogP contribution in [-0.4, -0.2) is 12.5 Å². The monoisotopic (exact) mass is 340 g/mol. The largest absolute Gasteiger partial charge is 0.325 e. The molecule has 0 unspecified atom stereocenters. The van der Waals surface area contributed by atoms with Crippen LogP contribution in [0.25, 0.3) is 10.8 Å². The van der Waals surface area contributed by atoms with Crippen molar-refractivity contribution in [3.63, 3.8) is 0 Å². The van der Waals surface area contributed by atoms with E-state index in [9.17, 15) is 13.6 Å². The van der Waals surface area contributed by atoms with E-state index in [1.807, 2.05) is 42.5 Å². The smallest absolute Gasteiger partial charge is 0.238 e. The minimum Gasteiger partial charge on any atom is -0.325 e. The molecule has 3 rings (SSSR count). The molecule has 25 heavy (non-hydrogen) atoms. The lowest BCUT2D eigenvalue weighted by atomic mass is 10.1. The molecule has 0 aromatic heterocycles. The Morgan fingerprint density at radius 2 is 1.76 bits per heavy atom. The average molecular weight is 340 g/mol. The van der Waals surface area contributed by atoms with E-state index in [1.54, 1.807) is 6.92 Å². The van der Waals surface area contributed by atoms with Gasteiger partial charge in [0.1, 0.15) is 11.6 Å². The Balaban J connectivity index is 1.60. The van der Waals surface area contributed by atoms with Crippen LogP contribution in [0, 0.1) is 11.6 Å². The molecule has 2 N–H and O–H groups in total. The normalized spacial score (nSPS) is 12.1. The first-order valence-corrected chi connectivity index (χ1v) is 8.00. The highest BCUT2D eigenvalue weighted by atomic mass is 19.1.